The highest BCUT2D eigenvalue weighted by Gasteiger charge is 2.05. The smallest absolute Gasteiger partial charge is 0.269 e. The Hall–Kier alpha value is -2.27. The minimum absolute atomic E-state index is 0.101. The van der Waals surface area contributed by atoms with Crippen molar-refractivity contribution < 1.29 is 9.31 Å². The summed E-state index contributed by atoms with van der Waals surface area (Å²) in [6.07, 6.45) is 0.793. The van der Waals surface area contributed by atoms with Gasteiger partial charge in [0.25, 0.3) is 5.69 Å². The lowest BCUT2D eigenvalue weighted by Gasteiger charge is -2.07. The van der Waals surface area contributed by atoms with Crippen molar-refractivity contribution in [1.82, 2.24) is 5.32 Å². The lowest BCUT2D eigenvalue weighted by molar-refractivity contribution is -0.384. The molecule has 0 aliphatic rings. The molecule has 0 amide bonds. The molecule has 0 aliphatic carbocycles. The molecule has 2 aromatic rings. The van der Waals surface area contributed by atoms with E-state index in [1.165, 1.54) is 18.2 Å². The van der Waals surface area contributed by atoms with E-state index in [0.717, 1.165) is 29.7 Å². The van der Waals surface area contributed by atoms with E-state index < -0.39 is 4.92 Å². The molecule has 0 fully saturated rings. The van der Waals surface area contributed by atoms with Gasteiger partial charge in [-0.25, -0.2) is 4.39 Å². The van der Waals surface area contributed by atoms with Crippen molar-refractivity contribution in [3.05, 3.63) is 75.1 Å². The van der Waals surface area contributed by atoms with Crippen molar-refractivity contribution in [3.8, 4) is 0 Å². The van der Waals surface area contributed by atoms with Gasteiger partial charge in [0.2, 0.25) is 0 Å². The van der Waals surface area contributed by atoms with Crippen LogP contribution in [0.4, 0.5) is 10.1 Å². The fraction of sp³-hybridized carbons (Fsp3) is 0.250. The first-order chi connectivity index (χ1) is 10.1. The van der Waals surface area contributed by atoms with Gasteiger partial charge in [0.15, 0.2) is 0 Å². The topological polar surface area (TPSA) is 55.2 Å². The molecule has 0 atom stereocenters. The fourth-order valence-corrected chi connectivity index (χ4v) is 2.18. The van der Waals surface area contributed by atoms with Crippen molar-refractivity contribution in [2.75, 3.05) is 6.54 Å². The van der Waals surface area contributed by atoms with Gasteiger partial charge in [-0.3, -0.25) is 10.1 Å². The zero-order valence-corrected chi connectivity index (χ0v) is 11.8. The maximum Gasteiger partial charge on any atom is 0.269 e. The number of nitrogens with zero attached hydrogens (tertiary/aromatic N) is 1. The summed E-state index contributed by atoms with van der Waals surface area (Å²) in [5.41, 5.74) is 3.01. The summed E-state index contributed by atoms with van der Waals surface area (Å²) >= 11 is 0. The Morgan fingerprint density at radius 3 is 2.76 bits per heavy atom. The van der Waals surface area contributed by atoms with Crippen LogP contribution in [0.25, 0.3) is 0 Å². The van der Waals surface area contributed by atoms with Crippen LogP contribution < -0.4 is 5.32 Å². The summed E-state index contributed by atoms with van der Waals surface area (Å²) in [7, 11) is 0. The molecular formula is C16H17FN2O2. The Balaban J connectivity index is 1.84. The number of aryl methyl sites for hydroxylation is 1. The second kappa shape index (κ2) is 6.95. The molecule has 110 valence electrons. The molecule has 0 unspecified atom stereocenters. The average Bonchev–Trinajstić information content (AvgIpc) is 2.45. The number of benzene rings is 2. The van der Waals surface area contributed by atoms with Gasteiger partial charge < -0.3 is 5.32 Å². The van der Waals surface area contributed by atoms with Gasteiger partial charge in [-0.15, -0.1) is 0 Å². The van der Waals surface area contributed by atoms with E-state index in [-0.39, 0.29) is 11.5 Å². The second-order valence-corrected chi connectivity index (χ2v) is 4.92. The average molecular weight is 288 g/mol. The van der Waals surface area contributed by atoms with Crippen molar-refractivity contribution in [2.24, 2.45) is 0 Å². The Morgan fingerprint density at radius 1 is 1.24 bits per heavy atom. The molecule has 0 heterocycles. The van der Waals surface area contributed by atoms with Crippen molar-refractivity contribution in [2.45, 2.75) is 19.9 Å². The fourth-order valence-electron chi connectivity index (χ4n) is 2.18. The third-order valence-corrected chi connectivity index (χ3v) is 3.33. The SMILES string of the molecule is Cc1cc(F)ccc1CCNCc1cccc([N+](=O)[O-])c1. The molecule has 0 bridgehead atoms. The first-order valence-corrected chi connectivity index (χ1v) is 6.75. The molecule has 1 N–H and O–H groups in total. The van der Waals surface area contributed by atoms with E-state index >= 15 is 0 Å². The van der Waals surface area contributed by atoms with Gasteiger partial charge in [0.05, 0.1) is 4.92 Å². The van der Waals surface area contributed by atoms with E-state index in [0.29, 0.717) is 6.54 Å². The third-order valence-electron chi connectivity index (χ3n) is 3.33. The van der Waals surface area contributed by atoms with Gasteiger partial charge in [-0.05, 0) is 48.7 Å². The Morgan fingerprint density at radius 2 is 2.05 bits per heavy atom. The largest absolute Gasteiger partial charge is 0.312 e. The molecule has 4 nitrogen and oxygen atoms in total. The maximum absolute atomic E-state index is 13.0. The van der Waals surface area contributed by atoms with Crippen LogP contribution in [0, 0.1) is 22.9 Å². The molecular weight excluding hydrogens is 271 g/mol. The molecule has 0 aromatic heterocycles. The standard InChI is InChI=1S/C16H17FN2O2/c1-12-9-15(17)6-5-14(12)7-8-18-11-13-3-2-4-16(10-13)19(20)21/h2-6,9-10,18H,7-8,11H2,1H3. The van der Waals surface area contributed by atoms with Gasteiger partial charge in [-0.1, -0.05) is 18.2 Å². The zero-order valence-electron chi connectivity index (χ0n) is 11.8. The van der Waals surface area contributed by atoms with Crippen molar-refractivity contribution >= 4 is 5.69 Å². The highest BCUT2D eigenvalue weighted by Crippen LogP contribution is 2.13. The third kappa shape index (κ3) is 4.36. The van der Waals surface area contributed by atoms with E-state index in [1.54, 1.807) is 18.2 Å². The Kier molecular flexibility index (Phi) is 5.00. The van der Waals surface area contributed by atoms with Crippen LogP contribution in [0.2, 0.25) is 0 Å². The van der Waals surface area contributed by atoms with E-state index in [9.17, 15) is 14.5 Å². The van der Waals surface area contributed by atoms with Crippen LogP contribution in [-0.2, 0) is 13.0 Å². The normalized spacial score (nSPS) is 10.6. The predicted molar refractivity (Wildman–Crippen MR) is 79.6 cm³/mol. The highest BCUT2D eigenvalue weighted by molar-refractivity contribution is 5.34. The summed E-state index contributed by atoms with van der Waals surface area (Å²) < 4.78 is 13.0. The first-order valence-electron chi connectivity index (χ1n) is 6.75. The molecule has 0 saturated heterocycles. The predicted octanol–water partition coefficient (Wildman–Crippen LogP) is 3.37. The van der Waals surface area contributed by atoms with Crippen LogP contribution in [0.15, 0.2) is 42.5 Å². The number of hydrogen-bond donors (Lipinski definition) is 1. The van der Waals surface area contributed by atoms with Gasteiger partial charge >= 0.3 is 0 Å². The number of rotatable bonds is 6. The number of nitro groups is 1. The molecule has 21 heavy (non-hydrogen) atoms. The molecule has 2 aromatic carbocycles. The summed E-state index contributed by atoms with van der Waals surface area (Å²) in [5.74, 6) is -0.221. The Labute approximate surface area is 122 Å². The van der Waals surface area contributed by atoms with Gasteiger partial charge in [0.1, 0.15) is 5.82 Å². The van der Waals surface area contributed by atoms with E-state index in [4.69, 9.17) is 0 Å². The van der Waals surface area contributed by atoms with Crippen LogP contribution in [-0.4, -0.2) is 11.5 Å². The van der Waals surface area contributed by atoms with Crippen molar-refractivity contribution in [3.63, 3.8) is 0 Å². The molecule has 0 radical (unpaired) electrons. The minimum atomic E-state index is -0.397. The quantitative estimate of drug-likeness (QED) is 0.503. The first kappa shape index (κ1) is 15.1. The van der Waals surface area contributed by atoms with Crippen LogP contribution in [0.5, 0.6) is 0 Å². The molecule has 0 saturated carbocycles. The summed E-state index contributed by atoms with van der Waals surface area (Å²) in [6.45, 7) is 3.19. The summed E-state index contributed by atoms with van der Waals surface area (Å²) in [5, 5.41) is 13.9. The van der Waals surface area contributed by atoms with E-state index in [1.807, 2.05) is 13.0 Å². The lowest BCUT2D eigenvalue weighted by atomic mass is 10.1. The molecule has 2 rings (SSSR count). The van der Waals surface area contributed by atoms with Gasteiger partial charge in [0, 0.05) is 18.7 Å². The molecule has 0 aliphatic heterocycles. The minimum Gasteiger partial charge on any atom is -0.312 e. The van der Waals surface area contributed by atoms with Crippen LogP contribution in [0.3, 0.4) is 0 Å². The number of non-ortho nitro benzene ring substituents is 1. The zero-order chi connectivity index (χ0) is 15.2. The number of nitrogens with one attached hydrogen (secondary N) is 1. The van der Waals surface area contributed by atoms with E-state index in [2.05, 4.69) is 5.32 Å². The Bertz CT molecular complexity index is 644. The van der Waals surface area contributed by atoms with Crippen molar-refractivity contribution in [1.29, 1.82) is 0 Å². The lowest BCUT2D eigenvalue weighted by Crippen LogP contribution is -2.17. The van der Waals surface area contributed by atoms with Crippen LogP contribution in [0.1, 0.15) is 16.7 Å². The van der Waals surface area contributed by atoms with Crippen LogP contribution >= 0.6 is 0 Å². The number of halogens is 1. The number of hydrogen-bond acceptors (Lipinski definition) is 3. The molecule has 5 heteroatoms. The summed E-state index contributed by atoms with van der Waals surface area (Å²) in [6, 6.07) is 11.3. The highest BCUT2D eigenvalue weighted by atomic mass is 19.1. The second-order valence-electron chi connectivity index (χ2n) is 4.92. The monoisotopic (exact) mass is 288 g/mol. The van der Waals surface area contributed by atoms with Gasteiger partial charge in [-0.2, -0.15) is 0 Å². The number of nitro benzene ring substituents is 1. The maximum atomic E-state index is 13.0. The summed E-state index contributed by atoms with van der Waals surface area (Å²) in [4.78, 5) is 10.3. The molecule has 0 spiro atoms.